The van der Waals surface area contributed by atoms with Crippen LogP contribution in [-0.2, 0) is 31.9 Å². The highest BCUT2D eigenvalue weighted by molar-refractivity contribution is 6.90. The van der Waals surface area contributed by atoms with E-state index in [-0.39, 0.29) is 24.8 Å². The van der Waals surface area contributed by atoms with Gasteiger partial charge in [0.1, 0.15) is 0 Å². The lowest BCUT2D eigenvalue weighted by Gasteiger charge is -2.36. The summed E-state index contributed by atoms with van der Waals surface area (Å²) in [5.74, 6) is -1.24. The largest absolute Gasteiger partial charge is 0.468 e. The number of amides is 1. The van der Waals surface area contributed by atoms with E-state index in [1.165, 1.54) is 19.4 Å². The highest BCUT2D eigenvalue weighted by Crippen LogP contribution is 2.45. The Bertz CT molecular complexity index is 1150. The third-order valence-electron chi connectivity index (χ3n) is 7.09. The Balaban J connectivity index is 2.35. The molecule has 0 heterocycles. The van der Waals surface area contributed by atoms with Gasteiger partial charge in [0.2, 0.25) is 0 Å². The molecule has 0 aromatic heterocycles. The van der Waals surface area contributed by atoms with Crippen molar-refractivity contribution in [2.45, 2.75) is 66.2 Å². The lowest BCUT2D eigenvalue weighted by atomic mass is 9.84. The smallest absolute Gasteiger partial charge is 0.323 e. The van der Waals surface area contributed by atoms with Crippen LogP contribution in [0.2, 0.25) is 19.6 Å². The zero-order valence-corrected chi connectivity index (χ0v) is 23.4. The standard InChI is InChI=1S/C28H37NO5Si/c1-17(2)29(25(30)20-13-11-10-12-14-20)23-18(3)21-15-28(26(31)33-5,27(32)34-6)16-22(21)19(4)24(23)35(7,8)9/h10-14,17H,15-16H2,1-9H3. The van der Waals surface area contributed by atoms with E-state index in [2.05, 4.69) is 26.6 Å². The molecule has 0 unspecified atom stereocenters. The van der Waals surface area contributed by atoms with E-state index in [9.17, 15) is 14.4 Å². The molecule has 0 radical (unpaired) electrons. The molecule has 1 amide bonds. The minimum Gasteiger partial charge on any atom is -0.468 e. The van der Waals surface area contributed by atoms with Gasteiger partial charge in [-0.15, -0.1) is 0 Å². The maximum absolute atomic E-state index is 13.9. The average molecular weight is 496 g/mol. The predicted octanol–water partition coefficient (Wildman–Crippen LogP) is 4.33. The number of hydrogen-bond donors (Lipinski definition) is 0. The zero-order valence-electron chi connectivity index (χ0n) is 22.4. The first kappa shape index (κ1) is 26.7. The van der Waals surface area contributed by atoms with Crippen molar-refractivity contribution in [1.29, 1.82) is 0 Å². The van der Waals surface area contributed by atoms with Crippen molar-refractivity contribution in [3.63, 3.8) is 0 Å². The minimum atomic E-state index is -2.00. The SMILES string of the molecule is COC(=O)C1(C(=O)OC)Cc2c(C)c(N(C(=O)c3ccccc3)C(C)C)c([Si](C)(C)C)c(C)c2C1. The molecule has 1 aliphatic carbocycles. The van der Waals surface area contributed by atoms with E-state index in [0.717, 1.165) is 27.9 Å². The summed E-state index contributed by atoms with van der Waals surface area (Å²) in [5.41, 5.74) is 4.05. The van der Waals surface area contributed by atoms with Crippen LogP contribution in [0.15, 0.2) is 30.3 Å². The summed E-state index contributed by atoms with van der Waals surface area (Å²) in [5, 5.41) is 1.18. The molecule has 6 nitrogen and oxygen atoms in total. The first-order valence-electron chi connectivity index (χ1n) is 12.0. The maximum Gasteiger partial charge on any atom is 0.323 e. The number of ether oxygens (including phenoxy) is 2. The van der Waals surface area contributed by atoms with E-state index in [1.54, 1.807) is 0 Å². The lowest BCUT2D eigenvalue weighted by Crippen LogP contribution is -2.48. The molecule has 0 aliphatic heterocycles. The van der Waals surface area contributed by atoms with Gasteiger partial charge in [-0.1, -0.05) is 37.8 Å². The van der Waals surface area contributed by atoms with E-state index in [1.807, 2.05) is 56.0 Å². The third kappa shape index (κ3) is 4.42. The van der Waals surface area contributed by atoms with Crippen LogP contribution in [0, 0.1) is 19.3 Å². The summed E-state index contributed by atoms with van der Waals surface area (Å²) in [6, 6.07) is 9.21. The fourth-order valence-corrected chi connectivity index (χ4v) is 7.85. The monoisotopic (exact) mass is 495 g/mol. The van der Waals surface area contributed by atoms with Gasteiger partial charge in [0.25, 0.3) is 5.91 Å². The van der Waals surface area contributed by atoms with Crippen molar-refractivity contribution in [2.24, 2.45) is 5.41 Å². The number of hydrogen-bond acceptors (Lipinski definition) is 5. The van der Waals surface area contributed by atoms with Crippen molar-refractivity contribution < 1.29 is 23.9 Å². The Kier molecular flexibility index (Phi) is 7.32. The lowest BCUT2D eigenvalue weighted by molar-refractivity contribution is -0.168. The van der Waals surface area contributed by atoms with Crippen LogP contribution < -0.4 is 10.1 Å². The highest BCUT2D eigenvalue weighted by Gasteiger charge is 2.54. The second-order valence-corrected chi connectivity index (χ2v) is 15.7. The normalized spacial score (nSPS) is 14.5. The van der Waals surface area contributed by atoms with Gasteiger partial charge in [-0.25, -0.2) is 0 Å². The van der Waals surface area contributed by atoms with Crippen molar-refractivity contribution in [2.75, 3.05) is 19.1 Å². The number of methoxy groups -OCH3 is 2. The predicted molar refractivity (Wildman–Crippen MR) is 141 cm³/mol. The third-order valence-corrected chi connectivity index (χ3v) is 9.20. The van der Waals surface area contributed by atoms with Crippen LogP contribution in [-0.4, -0.2) is 46.2 Å². The number of carbonyl (C=O) groups is 3. The van der Waals surface area contributed by atoms with Gasteiger partial charge in [-0.2, -0.15) is 0 Å². The van der Waals surface area contributed by atoms with E-state index in [0.29, 0.717) is 5.56 Å². The van der Waals surface area contributed by atoms with E-state index >= 15 is 0 Å². The number of anilines is 1. The molecule has 0 N–H and O–H groups in total. The fraction of sp³-hybridized carbons (Fsp3) is 0.464. The summed E-state index contributed by atoms with van der Waals surface area (Å²) >= 11 is 0. The minimum absolute atomic E-state index is 0.0623. The Labute approximate surface area is 209 Å². The van der Waals surface area contributed by atoms with Crippen molar-refractivity contribution in [1.82, 2.24) is 0 Å². The molecule has 2 aromatic rings. The number of fused-ring (bicyclic) bond motifs is 1. The molecule has 1 aliphatic rings. The first-order valence-corrected chi connectivity index (χ1v) is 15.5. The van der Waals surface area contributed by atoms with Crippen molar-refractivity contribution in [3.8, 4) is 0 Å². The second kappa shape index (κ2) is 9.61. The molecule has 35 heavy (non-hydrogen) atoms. The molecule has 7 heteroatoms. The van der Waals surface area contributed by atoms with E-state index in [4.69, 9.17) is 9.47 Å². The fourth-order valence-electron chi connectivity index (χ4n) is 5.55. The number of benzene rings is 2. The number of esters is 2. The van der Waals surface area contributed by atoms with Gasteiger partial charge >= 0.3 is 11.9 Å². The van der Waals surface area contributed by atoms with Gasteiger partial charge in [-0.05, 0) is 67.3 Å². The van der Waals surface area contributed by atoms with E-state index < -0.39 is 25.4 Å². The summed E-state index contributed by atoms with van der Waals surface area (Å²) in [4.78, 5) is 41.7. The van der Waals surface area contributed by atoms with Crippen LogP contribution in [0.5, 0.6) is 0 Å². The molecular formula is C28H37NO5Si. The maximum atomic E-state index is 13.9. The van der Waals surface area contributed by atoms with Crippen LogP contribution in [0.1, 0.15) is 46.5 Å². The topological polar surface area (TPSA) is 72.9 Å². The molecule has 0 saturated carbocycles. The molecule has 0 saturated heterocycles. The van der Waals surface area contributed by atoms with Crippen LogP contribution in [0.25, 0.3) is 0 Å². The summed E-state index contributed by atoms with van der Waals surface area (Å²) in [7, 11) is 0.603. The van der Waals surface area contributed by atoms with Gasteiger partial charge in [-0.3, -0.25) is 14.4 Å². The van der Waals surface area contributed by atoms with Crippen LogP contribution in [0.3, 0.4) is 0 Å². The number of nitrogens with zero attached hydrogens (tertiary/aromatic N) is 1. The zero-order chi connectivity index (χ0) is 26.3. The molecule has 0 spiro atoms. The summed E-state index contributed by atoms with van der Waals surface area (Å²) in [6.07, 6.45) is 0.430. The van der Waals surface area contributed by atoms with Gasteiger partial charge in [0.05, 0.1) is 22.3 Å². The molecule has 0 fully saturated rings. The molecule has 188 valence electrons. The Hall–Kier alpha value is -2.93. The van der Waals surface area contributed by atoms with Crippen molar-refractivity contribution >= 4 is 36.8 Å². The van der Waals surface area contributed by atoms with Crippen LogP contribution >= 0.6 is 0 Å². The molecule has 3 rings (SSSR count). The van der Waals surface area contributed by atoms with Gasteiger partial charge in [0.15, 0.2) is 5.41 Å². The molecule has 0 atom stereocenters. The summed E-state index contributed by atoms with van der Waals surface area (Å²) in [6.45, 7) is 14.9. The number of carbonyl (C=O) groups excluding carboxylic acids is 3. The van der Waals surface area contributed by atoms with Gasteiger partial charge < -0.3 is 14.4 Å². The molecule has 2 aromatic carbocycles. The summed E-state index contributed by atoms with van der Waals surface area (Å²) < 4.78 is 10.2. The quantitative estimate of drug-likeness (QED) is 0.339. The first-order chi connectivity index (χ1) is 16.3. The highest BCUT2D eigenvalue weighted by atomic mass is 28.3. The van der Waals surface area contributed by atoms with Gasteiger partial charge in [0, 0.05) is 30.1 Å². The number of rotatable bonds is 6. The second-order valence-electron chi connectivity index (χ2n) is 10.7. The molecule has 0 bridgehead atoms. The Morgan fingerprint density at radius 1 is 0.886 bits per heavy atom. The van der Waals surface area contributed by atoms with Crippen LogP contribution in [0.4, 0.5) is 5.69 Å². The average Bonchev–Trinajstić information content (AvgIpc) is 3.23. The molecular weight excluding hydrogens is 458 g/mol. The Morgan fingerprint density at radius 3 is 1.80 bits per heavy atom. The Morgan fingerprint density at radius 2 is 1.37 bits per heavy atom. The van der Waals surface area contributed by atoms with Crippen molar-refractivity contribution in [3.05, 3.63) is 58.1 Å².